The number of aromatic nitrogens is 2. The molecule has 1 heterocycles. The normalized spacial score (nSPS) is 10.6. The van der Waals surface area contributed by atoms with Crippen LogP contribution in [0.5, 0.6) is 5.75 Å². The van der Waals surface area contributed by atoms with E-state index in [4.69, 9.17) is 21.4 Å². The Bertz CT molecular complexity index is 964. The van der Waals surface area contributed by atoms with Gasteiger partial charge in [-0.1, -0.05) is 41.1 Å². The Morgan fingerprint density at radius 2 is 2.15 bits per heavy atom. The maximum Gasteiger partial charge on any atom is 0.411 e. The monoisotopic (exact) mass is 393 g/mol. The van der Waals surface area contributed by atoms with Crippen LogP contribution < -0.4 is 10.1 Å². The number of nitrogens with one attached hydrogen (secondary N) is 1. The molecule has 0 fully saturated rings. The molecular formula is C17H13ClFN3O3S. The summed E-state index contributed by atoms with van der Waals surface area (Å²) in [5.74, 6) is -0.0615. The minimum atomic E-state index is -1.23. The number of halogens is 2. The zero-order valence-corrected chi connectivity index (χ0v) is 15.1. The summed E-state index contributed by atoms with van der Waals surface area (Å²) < 4.78 is 20.5. The predicted molar refractivity (Wildman–Crippen MR) is 97.8 cm³/mol. The first-order valence-corrected chi connectivity index (χ1v) is 8.61. The topological polar surface area (TPSA) is 84.3 Å². The molecule has 1 amide bonds. The summed E-state index contributed by atoms with van der Waals surface area (Å²) in [5, 5.41) is 19.5. The first-order valence-electron chi connectivity index (χ1n) is 7.41. The summed E-state index contributed by atoms with van der Waals surface area (Å²) in [7, 11) is 1.47. The van der Waals surface area contributed by atoms with Crippen LogP contribution in [0, 0.1) is 5.82 Å². The summed E-state index contributed by atoms with van der Waals surface area (Å²) in [6.45, 7) is 0. The Labute approximate surface area is 157 Å². The van der Waals surface area contributed by atoms with Crippen molar-refractivity contribution in [1.29, 1.82) is 0 Å². The molecule has 0 aliphatic carbocycles. The zero-order valence-electron chi connectivity index (χ0n) is 13.5. The number of anilines is 1. The third-order valence-corrected chi connectivity index (χ3v) is 4.61. The standard InChI is InChI=1S/C17H13ClFN3O3S/c1-25-12-6-5-10(8-13-21-22-16(26-13)20-17(23)24)15(19)14(12)9-3-2-4-11(18)7-9/h2-7H,8H2,1H3,(H,20,22)(H,23,24). The van der Waals surface area contributed by atoms with Crippen LogP contribution in [0.4, 0.5) is 14.3 Å². The highest BCUT2D eigenvalue weighted by atomic mass is 35.5. The van der Waals surface area contributed by atoms with Gasteiger partial charge in [0.25, 0.3) is 0 Å². The number of carbonyl (C=O) groups is 1. The lowest BCUT2D eigenvalue weighted by atomic mass is 9.99. The van der Waals surface area contributed by atoms with Gasteiger partial charge < -0.3 is 9.84 Å². The lowest BCUT2D eigenvalue weighted by molar-refractivity contribution is 0.209. The summed E-state index contributed by atoms with van der Waals surface area (Å²) >= 11 is 7.07. The molecule has 2 N–H and O–H groups in total. The SMILES string of the molecule is COc1ccc(Cc2nnc(NC(=O)O)s2)c(F)c1-c1cccc(Cl)c1. The molecule has 0 saturated heterocycles. The van der Waals surface area contributed by atoms with Crippen molar-refractivity contribution in [3.05, 3.63) is 57.8 Å². The molecule has 26 heavy (non-hydrogen) atoms. The zero-order chi connectivity index (χ0) is 18.7. The molecule has 0 unspecified atom stereocenters. The van der Waals surface area contributed by atoms with E-state index < -0.39 is 11.9 Å². The molecule has 0 spiro atoms. The van der Waals surface area contributed by atoms with Crippen LogP contribution in [-0.4, -0.2) is 28.5 Å². The van der Waals surface area contributed by atoms with E-state index in [1.165, 1.54) is 7.11 Å². The first-order chi connectivity index (χ1) is 12.5. The minimum Gasteiger partial charge on any atom is -0.496 e. The van der Waals surface area contributed by atoms with E-state index in [-0.39, 0.29) is 11.6 Å². The predicted octanol–water partition coefficient (Wildman–Crippen LogP) is 4.69. The van der Waals surface area contributed by atoms with E-state index in [0.29, 0.717) is 32.5 Å². The molecule has 0 bridgehead atoms. The van der Waals surface area contributed by atoms with E-state index >= 15 is 4.39 Å². The number of ether oxygens (including phenoxy) is 1. The molecule has 0 radical (unpaired) electrons. The molecule has 3 aromatic rings. The average molecular weight is 394 g/mol. The summed E-state index contributed by atoms with van der Waals surface area (Å²) in [6.07, 6.45) is -1.06. The highest BCUT2D eigenvalue weighted by Crippen LogP contribution is 2.36. The number of carboxylic acid groups (broad SMARTS) is 1. The maximum atomic E-state index is 15.2. The van der Waals surface area contributed by atoms with Crippen molar-refractivity contribution in [3.63, 3.8) is 0 Å². The second kappa shape index (κ2) is 7.67. The summed E-state index contributed by atoms with van der Waals surface area (Å²) in [5.41, 5.74) is 1.29. The van der Waals surface area contributed by atoms with E-state index in [1.807, 2.05) is 0 Å². The van der Waals surface area contributed by atoms with Crippen molar-refractivity contribution >= 4 is 34.2 Å². The number of benzene rings is 2. The van der Waals surface area contributed by atoms with Crippen molar-refractivity contribution in [1.82, 2.24) is 10.2 Å². The van der Waals surface area contributed by atoms with Crippen LogP contribution in [0.15, 0.2) is 36.4 Å². The molecule has 134 valence electrons. The third kappa shape index (κ3) is 3.92. The van der Waals surface area contributed by atoms with Crippen molar-refractivity contribution in [2.75, 3.05) is 12.4 Å². The van der Waals surface area contributed by atoms with Crippen LogP contribution >= 0.6 is 22.9 Å². The second-order valence-electron chi connectivity index (χ2n) is 5.23. The number of hydrogen-bond donors (Lipinski definition) is 2. The highest BCUT2D eigenvalue weighted by Gasteiger charge is 2.18. The van der Waals surface area contributed by atoms with E-state index in [2.05, 4.69) is 15.5 Å². The van der Waals surface area contributed by atoms with E-state index in [1.54, 1.807) is 36.4 Å². The fourth-order valence-corrected chi connectivity index (χ4v) is 3.39. The first kappa shape index (κ1) is 18.1. The van der Waals surface area contributed by atoms with Gasteiger partial charge in [-0.05, 0) is 29.3 Å². The maximum absolute atomic E-state index is 15.2. The van der Waals surface area contributed by atoms with Gasteiger partial charge in [-0.2, -0.15) is 0 Å². The highest BCUT2D eigenvalue weighted by molar-refractivity contribution is 7.15. The lowest BCUT2D eigenvalue weighted by Gasteiger charge is -2.13. The van der Waals surface area contributed by atoms with Gasteiger partial charge in [0, 0.05) is 11.4 Å². The average Bonchev–Trinajstić information content (AvgIpc) is 3.02. The lowest BCUT2D eigenvalue weighted by Crippen LogP contribution is -2.06. The Morgan fingerprint density at radius 1 is 1.35 bits per heavy atom. The summed E-state index contributed by atoms with van der Waals surface area (Å²) in [6, 6.07) is 10.1. The minimum absolute atomic E-state index is 0.136. The van der Waals surface area contributed by atoms with Crippen LogP contribution in [0.1, 0.15) is 10.6 Å². The van der Waals surface area contributed by atoms with Gasteiger partial charge in [0.15, 0.2) is 0 Å². The van der Waals surface area contributed by atoms with Crippen molar-refractivity contribution in [2.45, 2.75) is 6.42 Å². The number of nitrogens with zero attached hydrogens (tertiary/aromatic N) is 2. The Balaban J connectivity index is 1.97. The molecule has 9 heteroatoms. The van der Waals surface area contributed by atoms with Crippen LogP contribution in [0.3, 0.4) is 0 Å². The molecule has 0 aliphatic heterocycles. The third-order valence-electron chi connectivity index (χ3n) is 3.54. The fraction of sp³-hybridized carbons (Fsp3) is 0.118. The van der Waals surface area contributed by atoms with Crippen LogP contribution in [0.25, 0.3) is 11.1 Å². The Kier molecular flexibility index (Phi) is 5.34. The van der Waals surface area contributed by atoms with Gasteiger partial charge in [-0.25, -0.2) is 9.18 Å². The molecule has 0 aliphatic rings. The number of methoxy groups -OCH3 is 1. The number of rotatable bonds is 5. The van der Waals surface area contributed by atoms with Crippen molar-refractivity contribution in [2.24, 2.45) is 0 Å². The Morgan fingerprint density at radius 3 is 2.85 bits per heavy atom. The van der Waals surface area contributed by atoms with Crippen LogP contribution in [-0.2, 0) is 6.42 Å². The number of amides is 1. The van der Waals surface area contributed by atoms with Gasteiger partial charge in [-0.3, -0.25) is 5.32 Å². The molecule has 6 nitrogen and oxygen atoms in total. The molecule has 3 rings (SSSR count). The van der Waals surface area contributed by atoms with Gasteiger partial charge in [0.2, 0.25) is 5.13 Å². The van der Waals surface area contributed by atoms with Gasteiger partial charge in [0.05, 0.1) is 12.7 Å². The van der Waals surface area contributed by atoms with Gasteiger partial charge in [-0.15, -0.1) is 10.2 Å². The Hall–Kier alpha value is -2.71. The van der Waals surface area contributed by atoms with E-state index in [9.17, 15) is 4.79 Å². The quantitative estimate of drug-likeness (QED) is 0.657. The molecule has 0 saturated carbocycles. The summed E-state index contributed by atoms with van der Waals surface area (Å²) in [4.78, 5) is 10.6. The molecule has 2 aromatic carbocycles. The van der Waals surface area contributed by atoms with E-state index in [0.717, 1.165) is 11.3 Å². The molecule has 1 aromatic heterocycles. The fourth-order valence-electron chi connectivity index (χ4n) is 2.45. The molecular weight excluding hydrogens is 381 g/mol. The largest absolute Gasteiger partial charge is 0.496 e. The van der Waals surface area contributed by atoms with Gasteiger partial charge >= 0.3 is 6.09 Å². The smallest absolute Gasteiger partial charge is 0.411 e. The second-order valence-corrected chi connectivity index (χ2v) is 6.73. The number of hydrogen-bond acceptors (Lipinski definition) is 5. The van der Waals surface area contributed by atoms with Crippen molar-refractivity contribution in [3.8, 4) is 16.9 Å². The molecule has 0 atom stereocenters. The van der Waals surface area contributed by atoms with Gasteiger partial charge in [0.1, 0.15) is 16.6 Å². The van der Waals surface area contributed by atoms with Crippen LogP contribution in [0.2, 0.25) is 5.02 Å². The van der Waals surface area contributed by atoms with Crippen molar-refractivity contribution < 1.29 is 19.0 Å².